The number of carbonyl (C=O) groups is 2. The molecule has 4 heterocycles. The molecule has 0 aromatic heterocycles. The minimum absolute atomic E-state index is 0.0380. The average molecular weight is 350 g/mol. The largest absolute Gasteiger partial charge is 0.360 e. The minimum Gasteiger partial charge on any atom is -0.360 e. The van der Waals surface area contributed by atoms with E-state index in [4.69, 9.17) is 4.74 Å². The van der Waals surface area contributed by atoms with Crippen LogP contribution in [-0.2, 0) is 14.3 Å². The lowest BCUT2D eigenvalue weighted by Gasteiger charge is -2.32. The Morgan fingerprint density at radius 3 is 2.75 bits per heavy atom. The molecule has 2 unspecified atom stereocenters. The smallest absolute Gasteiger partial charge is 0.230 e. The third-order valence-electron chi connectivity index (χ3n) is 5.45. The second-order valence-corrected chi connectivity index (χ2v) is 9.82. The summed E-state index contributed by atoms with van der Waals surface area (Å²) < 4.78 is 6.20. The molecule has 3 saturated heterocycles. The van der Waals surface area contributed by atoms with Gasteiger partial charge in [0.05, 0.1) is 24.5 Å². The van der Waals surface area contributed by atoms with E-state index in [-0.39, 0.29) is 35.2 Å². The van der Waals surface area contributed by atoms with Crippen LogP contribution in [0.15, 0.2) is 12.2 Å². The van der Waals surface area contributed by atoms with Crippen molar-refractivity contribution in [1.29, 1.82) is 0 Å². The Morgan fingerprint density at radius 1 is 1.38 bits per heavy atom. The number of ether oxygens (including phenoxy) is 1. The first-order valence-electron chi connectivity index (χ1n) is 8.83. The molecular formula is C18H26N2O3S. The predicted octanol–water partition coefficient (Wildman–Crippen LogP) is 1.39. The van der Waals surface area contributed by atoms with Gasteiger partial charge in [0, 0.05) is 31.1 Å². The van der Waals surface area contributed by atoms with E-state index in [2.05, 4.69) is 20.8 Å². The number of hydrogen-bond acceptors (Lipinski definition) is 4. The summed E-state index contributed by atoms with van der Waals surface area (Å²) >= 11 is 1.89. The maximum absolute atomic E-state index is 13.1. The van der Waals surface area contributed by atoms with Crippen molar-refractivity contribution < 1.29 is 14.3 Å². The van der Waals surface area contributed by atoms with E-state index in [1.807, 2.05) is 33.7 Å². The van der Waals surface area contributed by atoms with Gasteiger partial charge in [0.2, 0.25) is 11.8 Å². The van der Waals surface area contributed by atoms with Crippen LogP contribution in [0.1, 0.15) is 20.8 Å². The summed E-state index contributed by atoms with van der Waals surface area (Å²) in [7, 11) is 0. The molecule has 0 aromatic rings. The molecule has 2 bridgehead atoms. The lowest BCUT2D eigenvalue weighted by Crippen LogP contribution is -2.48. The van der Waals surface area contributed by atoms with Gasteiger partial charge in [-0.15, -0.1) is 0 Å². The monoisotopic (exact) mass is 350 g/mol. The van der Waals surface area contributed by atoms with Crippen molar-refractivity contribution in [3.05, 3.63) is 12.2 Å². The minimum atomic E-state index is -0.572. The molecule has 24 heavy (non-hydrogen) atoms. The first-order chi connectivity index (χ1) is 11.3. The van der Waals surface area contributed by atoms with E-state index in [0.717, 1.165) is 24.6 Å². The number of rotatable bonds is 2. The molecule has 0 radical (unpaired) electrons. The zero-order chi connectivity index (χ0) is 17.1. The van der Waals surface area contributed by atoms with Crippen LogP contribution in [0.2, 0.25) is 0 Å². The molecule has 132 valence electrons. The highest BCUT2D eigenvalue weighted by Gasteiger charge is 2.67. The Hall–Kier alpha value is -1.01. The van der Waals surface area contributed by atoms with Gasteiger partial charge in [-0.2, -0.15) is 11.8 Å². The van der Waals surface area contributed by atoms with Crippen molar-refractivity contribution in [3.8, 4) is 0 Å². The predicted molar refractivity (Wildman–Crippen MR) is 93.7 cm³/mol. The Morgan fingerprint density at radius 2 is 2.08 bits per heavy atom. The van der Waals surface area contributed by atoms with E-state index in [0.29, 0.717) is 13.1 Å². The van der Waals surface area contributed by atoms with Gasteiger partial charge in [0.15, 0.2) is 0 Å². The van der Waals surface area contributed by atoms with Gasteiger partial charge in [0.1, 0.15) is 5.60 Å². The van der Waals surface area contributed by atoms with Crippen LogP contribution in [0.25, 0.3) is 0 Å². The summed E-state index contributed by atoms with van der Waals surface area (Å²) in [6.45, 7) is 9.26. The first-order valence-corrected chi connectivity index (χ1v) is 9.99. The van der Waals surface area contributed by atoms with Crippen LogP contribution < -0.4 is 0 Å². The fraction of sp³-hybridized carbons (Fsp3) is 0.778. The Bertz CT molecular complexity index is 594. The molecule has 0 N–H and O–H groups in total. The lowest BCUT2D eigenvalue weighted by molar-refractivity contribution is -0.143. The standard InChI is InChI=1S/C18H26N2O3S/c1-17(2,3)10-20-11-18-5-4-12(23-18)13(14(18)16(20)22)15(21)19-6-8-24-9-7-19/h4-5,12-14H,6-11H2,1-3H3/t12-,13?,14?,18-/m1/s1. The number of likely N-dealkylation sites (tertiary alicyclic amines) is 1. The van der Waals surface area contributed by atoms with E-state index >= 15 is 0 Å². The van der Waals surface area contributed by atoms with Crippen molar-refractivity contribution in [2.45, 2.75) is 32.5 Å². The Balaban J connectivity index is 1.58. The second kappa shape index (κ2) is 5.49. The Kier molecular flexibility index (Phi) is 3.77. The zero-order valence-corrected chi connectivity index (χ0v) is 15.5. The van der Waals surface area contributed by atoms with Crippen LogP contribution in [0.3, 0.4) is 0 Å². The maximum Gasteiger partial charge on any atom is 0.230 e. The molecule has 3 fully saturated rings. The number of hydrogen-bond donors (Lipinski definition) is 0. The molecule has 5 nitrogen and oxygen atoms in total. The maximum atomic E-state index is 13.1. The third kappa shape index (κ3) is 2.49. The van der Waals surface area contributed by atoms with Gasteiger partial charge in [0.25, 0.3) is 0 Å². The molecule has 2 amide bonds. The van der Waals surface area contributed by atoms with E-state index in [1.54, 1.807) is 0 Å². The summed E-state index contributed by atoms with van der Waals surface area (Å²) in [6.07, 6.45) is 3.82. The van der Waals surface area contributed by atoms with Crippen LogP contribution in [0.5, 0.6) is 0 Å². The van der Waals surface area contributed by atoms with Crippen LogP contribution in [-0.4, -0.2) is 71.0 Å². The average Bonchev–Trinajstić information content (AvgIpc) is 3.15. The van der Waals surface area contributed by atoms with Crippen LogP contribution in [0.4, 0.5) is 0 Å². The number of fused-ring (bicyclic) bond motifs is 1. The second-order valence-electron chi connectivity index (χ2n) is 8.59. The summed E-state index contributed by atoms with van der Waals surface area (Å²) in [4.78, 5) is 30.0. The first kappa shape index (κ1) is 16.5. The Labute approximate surface area is 147 Å². The van der Waals surface area contributed by atoms with Crippen molar-refractivity contribution in [1.82, 2.24) is 9.80 Å². The molecule has 4 aliphatic rings. The number of nitrogens with zero attached hydrogens (tertiary/aromatic N) is 2. The molecule has 0 aliphatic carbocycles. The van der Waals surface area contributed by atoms with Crippen LogP contribution in [0, 0.1) is 17.3 Å². The molecule has 4 aliphatic heterocycles. The van der Waals surface area contributed by atoms with Gasteiger partial charge < -0.3 is 14.5 Å². The van der Waals surface area contributed by atoms with Gasteiger partial charge in [-0.1, -0.05) is 32.9 Å². The van der Waals surface area contributed by atoms with Gasteiger partial charge in [-0.05, 0) is 5.41 Å². The van der Waals surface area contributed by atoms with Crippen molar-refractivity contribution in [2.24, 2.45) is 17.3 Å². The summed E-state index contributed by atoms with van der Waals surface area (Å²) in [5.41, 5.74) is -0.534. The molecule has 4 rings (SSSR count). The van der Waals surface area contributed by atoms with Crippen molar-refractivity contribution in [2.75, 3.05) is 37.7 Å². The molecule has 1 spiro atoms. The third-order valence-corrected chi connectivity index (χ3v) is 6.39. The summed E-state index contributed by atoms with van der Waals surface area (Å²) in [5, 5.41) is 0. The number of thioether (sulfide) groups is 1. The SMILES string of the molecule is CC(C)(C)CN1C[C@@]23C=C[C@@H](O2)C(C(=O)N2CCSCC2)C3C1=O. The number of carbonyl (C=O) groups excluding carboxylic acids is 2. The molecule has 4 atom stereocenters. The summed E-state index contributed by atoms with van der Waals surface area (Å²) in [6, 6.07) is 0. The highest BCUT2D eigenvalue weighted by Crippen LogP contribution is 2.52. The van der Waals surface area contributed by atoms with Crippen molar-refractivity contribution in [3.63, 3.8) is 0 Å². The molecular weight excluding hydrogens is 324 g/mol. The molecule has 6 heteroatoms. The fourth-order valence-corrected chi connectivity index (χ4v) is 5.46. The highest BCUT2D eigenvalue weighted by molar-refractivity contribution is 7.99. The lowest BCUT2D eigenvalue weighted by atomic mass is 9.76. The topological polar surface area (TPSA) is 49.9 Å². The normalized spacial score (nSPS) is 38.1. The molecule has 0 saturated carbocycles. The van der Waals surface area contributed by atoms with Gasteiger partial charge >= 0.3 is 0 Å². The van der Waals surface area contributed by atoms with Gasteiger partial charge in [-0.25, -0.2) is 0 Å². The number of amides is 2. The van der Waals surface area contributed by atoms with E-state index < -0.39 is 5.60 Å². The molecule has 0 aromatic carbocycles. The van der Waals surface area contributed by atoms with E-state index in [1.165, 1.54) is 0 Å². The van der Waals surface area contributed by atoms with Gasteiger partial charge in [-0.3, -0.25) is 9.59 Å². The fourth-order valence-electron chi connectivity index (χ4n) is 4.56. The quantitative estimate of drug-likeness (QED) is 0.706. The highest BCUT2D eigenvalue weighted by atomic mass is 32.2. The van der Waals surface area contributed by atoms with Crippen LogP contribution >= 0.6 is 11.8 Å². The van der Waals surface area contributed by atoms with Crippen molar-refractivity contribution >= 4 is 23.6 Å². The van der Waals surface area contributed by atoms with E-state index in [9.17, 15) is 9.59 Å². The zero-order valence-electron chi connectivity index (χ0n) is 14.7. The summed E-state index contributed by atoms with van der Waals surface area (Å²) in [5.74, 6) is 1.51.